The lowest BCUT2D eigenvalue weighted by Gasteiger charge is -2.09. The molecule has 0 N–H and O–H groups in total. The maximum atomic E-state index is 12.4. The zero-order valence-corrected chi connectivity index (χ0v) is 16.2. The smallest absolute Gasteiger partial charge is 0.349 e. The predicted octanol–water partition coefficient (Wildman–Crippen LogP) is 4.69. The van der Waals surface area contributed by atoms with E-state index in [2.05, 4.69) is 0 Å². The molecule has 5 nitrogen and oxygen atoms in total. The molecule has 148 valence electrons. The quantitative estimate of drug-likeness (QED) is 0.301. The lowest BCUT2D eigenvalue weighted by atomic mass is 10.0. The first-order valence-electron chi connectivity index (χ1n) is 9.42. The van der Waals surface area contributed by atoms with E-state index in [-0.39, 0.29) is 12.4 Å². The number of carbonyl (C=O) groups is 2. The first kappa shape index (κ1) is 20.1. The second-order valence-corrected chi connectivity index (χ2v) is 6.30. The van der Waals surface area contributed by atoms with Gasteiger partial charge in [-0.05, 0) is 55.0 Å². The maximum absolute atomic E-state index is 12.4. The molecular formula is C24H22O5. The van der Waals surface area contributed by atoms with Gasteiger partial charge in [-0.1, -0.05) is 37.3 Å². The monoisotopic (exact) mass is 390 g/mol. The number of carbonyl (C=O) groups excluding carboxylic acids is 2. The Morgan fingerprint density at radius 2 is 1.24 bits per heavy atom. The van der Waals surface area contributed by atoms with Crippen LogP contribution in [0.3, 0.4) is 0 Å². The zero-order chi connectivity index (χ0) is 20.5. The summed E-state index contributed by atoms with van der Waals surface area (Å²) in [5.74, 6) is 1.05. The van der Waals surface area contributed by atoms with Crippen LogP contribution >= 0.6 is 0 Å². The molecule has 0 saturated heterocycles. The molecular weight excluding hydrogens is 368 g/mol. The first-order chi connectivity index (χ1) is 14.2. The topological polar surface area (TPSA) is 61.8 Å². The molecule has 0 heterocycles. The zero-order valence-electron chi connectivity index (χ0n) is 16.2. The van der Waals surface area contributed by atoms with Crippen LogP contribution in [0, 0.1) is 0 Å². The van der Waals surface area contributed by atoms with Gasteiger partial charge in [-0.25, -0.2) is 4.79 Å². The Morgan fingerprint density at radius 3 is 1.86 bits per heavy atom. The molecule has 0 aliphatic rings. The van der Waals surface area contributed by atoms with Crippen LogP contribution in [0.5, 0.6) is 17.2 Å². The van der Waals surface area contributed by atoms with E-state index in [0.717, 1.165) is 12.2 Å². The van der Waals surface area contributed by atoms with E-state index < -0.39 is 5.97 Å². The van der Waals surface area contributed by atoms with Gasteiger partial charge in [0.05, 0.1) is 6.61 Å². The molecule has 0 spiro atoms. The molecule has 0 radical (unpaired) electrons. The summed E-state index contributed by atoms with van der Waals surface area (Å²) in [4.78, 5) is 24.4. The Bertz CT molecular complexity index is 931. The highest BCUT2D eigenvalue weighted by Gasteiger charge is 2.10. The second kappa shape index (κ2) is 10.1. The number of rotatable bonds is 9. The maximum Gasteiger partial charge on any atom is 0.349 e. The van der Waals surface area contributed by atoms with Gasteiger partial charge in [0.2, 0.25) is 0 Å². The fraction of sp³-hybridized carbons (Fsp3) is 0.167. The minimum absolute atomic E-state index is 0.0850. The van der Waals surface area contributed by atoms with Crippen molar-refractivity contribution in [3.8, 4) is 17.2 Å². The summed E-state index contributed by atoms with van der Waals surface area (Å²) in [6.07, 6.45) is 0.936. The van der Waals surface area contributed by atoms with Gasteiger partial charge in [0, 0.05) is 11.1 Å². The third kappa shape index (κ3) is 5.94. The van der Waals surface area contributed by atoms with Crippen molar-refractivity contribution in [2.75, 3.05) is 13.2 Å². The van der Waals surface area contributed by atoms with Crippen molar-refractivity contribution in [2.45, 2.75) is 13.3 Å². The van der Waals surface area contributed by atoms with Crippen LogP contribution in [0.25, 0.3) is 0 Å². The fourth-order valence-electron chi connectivity index (χ4n) is 2.59. The minimum atomic E-state index is -0.529. The molecule has 0 aromatic heterocycles. The van der Waals surface area contributed by atoms with Gasteiger partial charge in [-0.15, -0.1) is 0 Å². The SMILES string of the molecule is CCCOc1ccc(OCC(=O)Oc2ccc(C(=O)c3ccccc3)cc2)cc1. The summed E-state index contributed by atoms with van der Waals surface area (Å²) in [5.41, 5.74) is 1.13. The van der Waals surface area contributed by atoms with Crippen molar-refractivity contribution in [3.05, 3.63) is 90.0 Å². The number of esters is 1. The van der Waals surface area contributed by atoms with E-state index in [0.29, 0.717) is 29.2 Å². The van der Waals surface area contributed by atoms with Crippen LogP contribution < -0.4 is 14.2 Å². The lowest BCUT2D eigenvalue weighted by Crippen LogP contribution is -2.17. The Kier molecular flexibility index (Phi) is 7.00. The highest BCUT2D eigenvalue weighted by molar-refractivity contribution is 6.09. The van der Waals surface area contributed by atoms with Crippen molar-refractivity contribution in [3.63, 3.8) is 0 Å². The molecule has 3 aromatic carbocycles. The van der Waals surface area contributed by atoms with E-state index in [9.17, 15) is 9.59 Å². The molecule has 0 aliphatic carbocycles. The fourth-order valence-corrected chi connectivity index (χ4v) is 2.59. The molecule has 0 amide bonds. The van der Waals surface area contributed by atoms with E-state index in [1.165, 1.54) is 0 Å². The Balaban J connectivity index is 1.50. The van der Waals surface area contributed by atoms with Gasteiger partial charge in [0.1, 0.15) is 17.2 Å². The van der Waals surface area contributed by atoms with Crippen molar-refractivity contribution < 1.29 is 23.8 Å². The number of hydrogen-bond acceptors (Lipinski definition) is 5. The Labute approximate surface area is 169 Å². The third-order valence-corrected chi connectivity index (χ3v) is 4.04. The molecule has 0 saturated carbocycles. The molecule has 3 aromatic rings. The average molecular weight is 390 g/mol. The van der Waals surface area contributed by atoms with Crippen molar-refractivity contribution in [1.82, 2.24) is 0 Å². The largest absolute Gasteiger partial charge is 0.494 e. The first-order valence-corrected chi connectivity index (χ1v) is 9.42. The lowest BCUT2D eigenvalue weighted by molar-refractivity contribution is -0.136. The Hall–Kier alpha value is -3.60. The van der Waals surface area contributed by atoms with Crippen LogP contribution in [-0.2, 0) is 4.79 Å². The van der Waals surface area contributed by atoms with Crippen LogP contribution in [0.15, 0.2) is 78.9 Å². The number of benzene rings is 3. The molecule has 0 aliphatic heterocycles. The molecule has 0 unspecified atom stereocenters. The standard InChI is InChI=1S/C24H22O5/c1-2-16-27-20-12-14-21(15-13-20)28-17-23(25)29-22-10-8-19(9-11-22)24(26)18-6-4-3-5-7-18/h3-15H,2,16-17H2,1H3. The van der Waals surface area contributed by atoms with Gasteiger partial charge in [0.25, 0.3) is 0 Å². The molecule has 29 heavy (non-hydrogen) atoms. The molecule has 0 bridgehead atoms. The third-order valence-electron chi connectivity index (χ3n) is 4.04. The summed E-state index contributed by atoms with van der Waals surface area (Å²) in [6.45, 7) is 2.47. The minimum Gasteiger partial charge on any atom is -0.494 e. The van der Waals surface area contributed by atoms with E-state index in [1.54, 1.807) is 60.7 Å². The van der Waals surface area contributed by atoms with Gasteiger partial charge >= 0.3 is 5.97 Å². The van der Waals surface area contributed by atoms with E-state index >= 15 is 0 Å². The molecule has 0 fully saturated rings. The summed E-state index contributed by atoms with van der Waals surface area (Å²) >= 11 is 0. The van der Waals surface area contributed by atoms with Gasteiger partial charge < -0.3 is 14.2 Å². The van der Waals surface area contributed by atoms with E-state index in [1.807, 2.05) is 25.1 Å². The van der Waals surface area contributed by atoms with Gasteiger partial charge in [0.15, 0.2) is 12.4 Å². The molecule has 5 heteroatoms. The summed E-state index contributed by atoms with van der Waals surface area (Å²) in [7, 11) is 0. The summed E-state index contributed by atoms with van der Waals surface area (Å²) < 4.78 is 16.2. The number of ketones is 1. The van der Waals surface area contributed by atoms with E-state index in [4.69, 9.17) is 14.2 Å². The normalized spacial score (nSPS) is 10.2. The average Bonchev–Trinajstić information content (AvgIpc) is 2.77. The van der Waals surface area contributed by atoms with Crippen molar-refractivity contribution in [2.24, 2.45) is 0 Å². The predicted molar refractivity (Wildman–Crippen MR) is 110 cm³/mol. The van der Waals surface area contributed by atoms with Crippen molar-refractivity contribution >= 4 is 11.8 Å². The van der Waals surface area contributed by atoms with Crippen LogP contribution in [0.2, 0.25) is 0 Å². The molecule has 0 atom stereocenters. The van der Waals surface area contributed by atoms with Crippen LogP contribution in [0.1, 0.15) is 29.3 Å². The number of ether oxygens (including phenoxy) is 3. The highest BCUT2D eigenvalue weighted by atomic mass is 16.6. The van der Waals surface area contributed by atoms with Gasteiger partial charge in [-0.3, -0.25) is 4.79 Å². The molecule has 3 rings (SSSR count). The van der Waals surface area contributed by atoms with Crippen molar-refractivity contribution in [1.29, 1.82) is 0 Å². The number of hydrogen-bond donors (Lipinski definition) is 0. The Morgan fingerprint density at radius 1 is 0.690 bits per heavy atom. The van der Waals surface area contributed by atoms with Crippen LogP contribution in [-0.4, -0.2) is 25.0 Å². The van der Waals surface area contributed by atoms with Crippen LogP contribution in [0.4, 0.5) is 0 Å². The second-order valence-electron chi connectivity index (χ2n) is 6.30. The highest BCUT2D eigenvalue weighted by Crippen LogP contribution is 2.19. The van der Waals surface area contributed by atoms with Gasteiger partial charge in [-0.2, -0.15) is 0 Å². The summed E-state index contributed by atoms with van der Waals surface area (Å²) in [6, 6.07) is 22.5. The summed E-state index contributed by atoms with van der Waals surface area (Å²) in [5, 5.41) is 0.